The van der Waals surface area contributed by atoms with Crippen LogP contribution in [0.1, 0.15) is 51.9 Å². The highest BCUT2D eigenvalue weighted by molar-refractivity contribution is 4.48. The van der Waals surface area contributed by atoms with Crippen LogP contribution in [-0.4, -0.2) is 122 Å². The van der Waals surface area contributed by atoms with E-state index in [1.807, 2.05) is 0 Å². The molecule has 0 aliphatic carbocycles. The van der Waals surface area contributed by atoms with Crippen LogP contribution in [0, 0.1) is 0 Å². The lowest BCUT2D eigenvalue weighted by Gasteiger charge is -2.14. The van der Waals surface area contributed by atoms with Crippen molar-refractivity contribution in [2.75, 3.05) is 106 Å². The van der Waals surface area contributed by atoms with Gasteiger partial charge in [-0.15, -0.1) is 0 Å². The SMILES string of the molecule is CCCCCCCCC(OO)OCCOCCOCCOCCOCCOCCOCCOCCO. The van der Waals surface area contributed by atoms with Crippen LogP contribution in [0.4, 0.5) is 0 Å². The molecule has 0 fully saturated rings. The number of ether oxygens (including phenoxy) is 8. The fraction of sp³-hybridized carbons (Fsp3) is 1.00. The molecule has 0 aliphatic rings. The van der Waals surface area contributed by atoms with E-state index in [2.05, 4.69) is 11.8 Å². The quantitative estimate of drug-likeness (QED) is 0.0580. The second kappa shape index (κ2) is 32.6. The highest BCUT2D eigenvalue weighted by atomic mass is 17.1. The summed E-state index contributed by atoms with van der Waals surface area (Å²) < 4.78 is 43.0. The van der Waals surface area contributed by atoms with Gasteiger partial charge in [0.15, 0.2) is 6.29 Å². The summed E-state index contributed by atoms with van der Waals surface area (Å²) >= 11 is 0. The van der Waals surface area contributed by atoms with Gasteiger partial charge >= 0.3 is 0 Å². The molecule has 0 aromatic rings. The van der Waals surface area contributed by atoms with Gasteiger partial charge in [0.25, 0.3) is 0 Å². The molecule has 0 saturated heterocycles. The maximum Gasteiger partial charge on any atom is 0.191 e. The lowest BCUT2D eigenvalue weighted by Crippen LogP contribution is -2.19. The van der Waals surface area contributed by atoms with Gasteiger partial charge in [0.1, 0.15) is 0 Å². The maximum absolute atomic E-state index is 8.92. The third kappa shape index (κ3) is 29.8. The molecule has 218 valence electrons. The van der Waals surface area contributed by atoms with E-state index in [1.54, 1.807) is 0 Å². The molecule has 0 radical (unpaired) electrons. The molecular weight excluding hydrogens is 476 g/mol. The summed E-state index contributed by atoms with van der Waals surface area (Å²) in [5.74, 6) is 0. The molecule has 11 nitrogen and oxygen atoms in total. The first kappa shape index (κ1) is 35.6. The van der Waals surface area contributed by atoms with Crippen molar-refractivity contribution in [1.82, 2.24) is 0 Å². The molecule has 1 atom stereocenters. The molecule has 0 saturated carbocycles. The third-order valence-electron chi connectivity index (χ3n) is 4.91. The minimum absolute atomic E-state index is 0.0262. The van der Waals surface area contributed by atoms with Crippen LogP contribution in [0.3, 0.4) is 0 Å². The molecule has 2 N–H and O–H groups in total. The third-order valence-corrected chi connectivity index (χ3v) is 4.91. The van der Waals surface area contributed by atoms with Gasteiger partial charge in [-0.05, 0) is 6.42 Å². The zero-order valence-corrected chi connectivity index (χ0v) is 22.4. The number of hydrogen-bond donors (Lipinski definition) is 2. The van der Waals surface area contributed by atoms with Gasteiger partial charge in [-0.3, -0.25) is 0 Å². The molecule has 0 aliphatic heterocycles. The Morgan fingerprint density at radius 2 is 0.833 bits per heavy atom. The standard InChI is InChI=1S/C25H52O11/c1-2-3-4-5-6-7-8-25(36-27)35-24-23-34-22-21-33-20-19-32-18-17-31-16-15-30-14-13-29-12-11-28-10-9-26/h25-27H,2-24H2,1H3. The second-order valence-electron chi connectivity index (χ2n) is 7.97. The van der Waals surface area contributed by atoms with E-state index in [4.69, 9.17) is 48.3 Å². The van der Waals surface area contributed by atoms with Crippen LogP contribution in [0.15, 0.2) is 0 Å². The zero-order chi connectivity index (χ0) is 26.2. The zero-order valence-electron chi connectivity index (χ0n) is 22.4. The van der Waals surface area contributed by atoms with Crippen LogP contribution in [0.25, 0.3) is 0 Å². The fourth-order valence-corrected chi connectivity index (χ4v) is 2.98. The molecule has 36 heavy (non-hydrogen) atoms. The van der Waals surface area contributed by atoms with Crippen LogP contribution in [0.2, 0.25) is 0 Å². The Hall–Kier alpha value is -0.440. The summed E-state index contributed by atoms with van der Waals surface area (Å²) in [5, 5.41) is 17.5. The first-order valence-corrected chi connectivity index (χ1v) is 13.4. The molecule has 0 spiro atoms. The molecule has 1 unspecified atom stereocenters. The summed E-state index contributed by atoms with van der Waals surface area (Å²) in [4.78, 5) is 4.38. The summed E-state index contributed by atoms with van der Waals surface area (Å²) in [6.07, 6.45) is 7.20. The van der Waals surface area contributed by atoms with Crippen molar-refractivity contribution >= 4 is 0 Å². The molecule has 0 aromatic heterocycles. The fourth-order valence-electron chi connectivity index (χ4n) is 2.98. The number of rotatable bonds is 32. The lowest BCUT2D eigenvalue weighted by molar-refractivity contribution is -0.348. The van der Waals surface area contributed by atoms with Crippen molar-refractivity contribution in [3.05, 3.63) is 0 Å². The van der Waals surface area contributed by atoms with E-state index in [-0.39, 0.29) is 6.61 Å². The van der Waals surface area contributed by atoms with Gasteiger partial charge in [0.2, 0.25) is 0 Å². The van der Waals surface area contributed by atoms with Gasteiger partial charge in [0.05, 0.1) is 106 Å². The Morgan fingerprint density at radius 1 is 0.472 bits per heavy atom. The van der Waals surface area contributed by atoms with Crippen LogP contribution in [0.5, 0.6) is 0 Å². The van der Waals surface area contributed by atoms with Crippen LogP contribution >= 0.6 is 0 Å². The van der Waals surface area contributed by atoms with Gasteiger partial charge in [-0.1, -0.05) is 39.0 Å². The van der Waals surface area contributed by atoms with E-state index in [0.29, 0.717) is 106 Å². The normalized spacial score (nSPS) is 12.4. The Balaban J connectivity index is 3.16. The highest BCUT2D eigenvalue weighted by Crippen LogP contribution is 2.10. The minimum atomic E-state index is -0.585. The van der Waals surface area contributed by atoms with E-state index in [0.717, 1.165) is 12.8 Å². The van der Waals surface area contributed by atoms with E-state index >= 15 is 0 Å². The molecule has 0 amide bonds. The number of unbranched alkanes of at least 4 members (excludes halogenated alkanes) is 5. The maximum atomic E-state index is 8.92. The van der Waals surface area contributed by atoms with Gasteiger partial charge in [-0.25, -0.2) is 10.1 Å². The Bertz CT molecular complexity index is 391. The molecule has 0 rings (SSSR count). The Kier molecular flexibility index (Phi) is 32.2. The van der Waals surface area contributed by atoms with E-state index in [9.17, 15) is 0 Å². The van der Waals surface area contributed by atoms with Crippen molar-refractivity contribution < 1.29 is 53.1 Å². The number of aliphatic hydroxyl groups is 1. The van der Waals surface area contributed by atoms with Crippen molar-refractivity contribution in [1.29, 1.82) is 0 Å². The van der Waals surface area contributed by atoms with Crippen molar-refractivity contribution in [3.8, 4) is 0 Å². The highest BCUT2D eigenvalue weighted by Gasteiger charge is 2.08. The first-order chi connectivity index (χ1) is 17.8. The van der Waals surface area contributed by atoms with Gasteiger partial charge in [-0.2, -0.15) is 0 Å². The molecule has 0 bridgehead atoms. The Morgan fingerprint density at radius 3 is 1.22 bits per heavy atom. The molecule has 0 heterocycles. The van der Waals surface area contributed by atoms with Gasteiger partial charge in [0, 0.05) is 6.42 Å². The summed E-state index contributed by atoms with van der Waals surface area (Å²) in [6.45, 7) is 9.27. The van der Waals surface area contributed by atoms with Crippen molar-refractivity contribution in [2.45, 2.75) is 58.2 Å². The molecule has 11 heteroatoms. The summed E-state index contributed by atoms with van der Waals surface area (Å²) in [6, 6.07) is 0. The van der Waals surface area contributed by atoms with Crippen LogP contribution in [-0.2, 0) is 42.8 Å². The average molecular weight is 529 g/mol. The predicted molar refractivity (Wildman–Crippen MR) is 134 cm³/mol. The van der Waals surface area contributed by atoms with E-state index in [1.165, 1.54) is 25.7 Å². The number of aliphatic hydroxyl groups excluding tert-OH is 1. The van der Waals surface area contributed by atoms with E-state index < -0.39 is 6.29 Å². The summed E-state index contributed by atoms with van der Waals surface area (Å²) in [7, 11) is 0. The minimum Gasteiger partial charge on any atom is -0.394 e. The predicted octanol–water partition coefficient (Wildman–Crippen LogP) is 2.68. The smallest absolute Gasteiger partial charge is 0.191 e. The summed E-state index contributed by atoms with van der Waals surface area (Å²) in [5.41, 5.74) is 0. The number of hydrogen-bond acceptors (Lipinski definition) is 11. The second-order valence-corrected chi connectivity index (χ2v) is 7.97. The first-order valence-electron chi connectivity index (χ1n) is 13.4. The average Bonchev–Trinajstić information content (AvgIpc) is 2.89. The Labute approximate surface area is 217 Å². The molecule has 0 aromatic carbocycles. The lowest BCUT2D eigenvalue weighted by atomic mass is 10.1. The molecular formula is C25H52O11. The largest absolute Gasteiger partial charge is 0.394 e. The van der Waals surface area contributed by atoms with Crippen molar-refractivity contribution in [2.24, 2.45) is 0 Å². The monoisotopic (exact) mass is 528 g/mol. The topological polar surface area (TPSA) is 124 Å². The van der Waals surface area contributed by atoms with Crippen LogP contribution < -0.4 is 0 Å². The van der Waals surface area contributed by atoms with Crippen molar-refractivity contribution in [3.63, 3.8) is 0 Å². The van der Waals surface area contributed by atoms with Gasteiger partial charge < -0.3 is 43.0 Å².